The number of hydrogen-bond acceptors (Lipinski definition) is 6. The molecule has 0 aliphatic carbocycles. The van der Waals surface area contributed by atoms with Crippen LogP contribution in [0.3, 0.4) is 0 Å². The number of aromatic nitrogens is 3. The highest BCUT2D eigenvalue weighted by Gasteiger charge is 2.31. The van der Waals surface area contributed by atoms with Gasteiger partial charge in [0, 0.05) is 22.8 Å². The number of nitrogens with zero attached hydrogens (tertiary/aromatic N) is 4. The maximum Gasteiger partial charge on any atom is 0.274 e. The number of para-hydroxylation sites is 1. The second-order valence-corrected chi connectivity index (χ2v) is 8.69. The molecule has 192 valence electrons. The summed E-state index contributed by atoms with van der Waals surface area (Å²) in [7, 11) is 1.47. The lowest BCUT2D eigenvalue weighted by Gasteiger charge is -2.14. The van der Waals surface area contributed by atoms with Crippen molar-refractivity contribution in [1.82, 2.24) is 19.9 Å². The lowest BCUT2D eigenvalue weighted by Crippen LogP contribution is -2.43. The zero-order valence-corrected chi connectivity index (χ0v) is 20.6. The van der Waals surface area contributed by atoms with Crippen LogP contribution in [-0.2, 0) is 4.79 Å². The van der Waals surface area contributed by atoms with Crippen LogP contribution in [0, 0.1) is 5.82 Å². The Morgan fingerprint density at radius 2 is 1.67 bits per heavy atom. The number of nitrogens with one attached hydrogen (secondary N) is 2. The summed E-state index contributed by atoms with van der Waals surface area (Å²) in [6, 6.07) is 26.0. The molecule has 2 N–H and O–H groups in total. The average molecular weight is 521 g/mol. The molecule has 0 saturated heterocycles. The highest BCUT2D eigenvalue weighted by atomic mass is 19.1. The molecule has 6 rings (SSSR count). The number of ether oxygens (including phenoxy) is 1. The molecule has 1 aliphatic rings. The van der Waals surface area contributed by atoms with Crippen LogP contribution in [0.5, 0.6) is 5.88 Å². The number of rotatable bonds is 5. The van der Waals surface area contributed by atoms with Gasteiger partial charge in [-0.05, 0) is 12.1 Å². The van der Waals surface area contributed by atoms with E-state index in [0.717, 1.165) is 0 Å². The Morgan fingerprint density at radius 3 is 2.38 bits per heavy atom. The van der Waals surface area contributed by atoms with Crippen molar-refractivity contribution in [3.05, 3.63) is 114 Å². The van der Waals surface area contributed by atoms with Gasteiger partial charge >= 0.3 is 0 Å². The summed E-state index contributed by atoms with van der Waals surface area (Å²) in [6.07, 6.45) is -1.38. The van der Waals surface area contributed by atoms with Crippen molar-refractivity contribution < 1.29 is 18.7 Å². The number of benzodiazepines with no additional fused rings is 1. The van der Waals surface area contributed by atoms with Crippen LogP contribution in [0.1, 0.15) is 21.6 Å². The van der Waals surface area contributed by atoms with E-state index in [0.29, 0.717) is 33.7 Å². The Kier molecular flexibility index (Phi) is 6.04. The predicted molar refractivity (Wildman–Crippen MR) is 143 cm³/mol. The fourth-order valence-electron chi connectivity index (χ4n) is 4.44. The number of halogens is 1. The highest BCUT2D eigenvalue weighted by molar-refractivity contribution is 6.20. The van der Waals surface area contributed by atoms with E-state index < -0.39 is 23.8 Å². The molecule has 5 aromatic rings. The molecular weight excluding hydrogens is 499 g/mol. The SMILES string of the molecule is COc1ccc2nc(-c3ccccc3)c(C(=O)N[C@H]3N=C(c4ccccc4)c4cccc(F)c4NC3=O)n2n1. The van der Waals surface area contributed by atoms with Gasteiger partial charge in [-0.25, -0.2) is 18.9 Å². The number of benzene rings is 3. The largest absolute Gasteiger partial charge is 0.480 e. The fraction of sp³-hybridized carbons (Fsp3) is 0.0690. The zero-order chi connectivity index (χ0) is 26.9. The van der Waals surface area contributed by atoms with Crippen molar-refractivity contribution in [2.24, 2.45) is 4.99 Å². The standard InChI is InChI=1S/C29H21FN6O3/c1-39-22-16-15-21-31-24(18-11-6-3-7-12-18)26(36(21)35-22)28(37)34-27-29(38)33-25-19(13-8-14-20(25)30)23(32-27)17-9-4-2-5-10-17/h2-16,27H,1H3,(H,33,38)(H,34,37)/t27-/m1/s1. The molecule has 0 saturated carbocycles. The van der Waals surface area contributed by atoms with Crippen molar-refractivity contribution >= 4 is 28.9 Å². The van der Waals surface area contributed by atoms with Crippen LogP contribution in [-0.4, -0.2) is 45.4 Å². The first-order chi connectivity index (χ1) is 19.0. The van der Waals surface area contributed by atoms with Crippen LogP contribution in [0.15, 0.2) is 96.0 Å². The van der Waals surface area contributed by atoms with Gasteiger partial charge in [-0.3, -0.25) is 9.59 Å². The Morgan fingerprint density at radius 1 is 0.949 bits per heavy atom. The molecule has 0 spiro atoms. The Balaban J connectivity index is 1.46. The minimum atomic E-state index is -1.38. The number of carbonyl (C=O) groups is 2. The number of carbonyl (C=O) groups excluding carboxylic acids is 2. The number of amides is 2. The van der Waals surface area contributed by atoms with Crippen LogP contribution >= 0.6 is 0 Å². The van der Waals surface area contributed by atoms with E-state index in [9.17, 15) is 14.0 Å². The van der Waals surface area contributed by atoms with Gasteiger partial charge in [0.1, 0.15) is 11.5 Å². The third-order valence-electron chi connectivity index (χ3n) is 6.26. The monoisotopic (exact) mass is 520 g/mol. The zero-order valence-electron chi connectivity index (χ0n) is 20.6. The summed E-state index contributed by atoms with van der Waals surface area (Å²) in [5, 5.41) is 9.68. The lowest BCUT2D eigenvalue weighted by molar-refractivity contribution is -0.117. The van der Waals surface area contributed by atoms with E-state index in [-0.39, 0.29) is 17.3 Å². The second kappa shape index (κ2) is 9.82. The number of anilines is 1. The molecule has 0 unspecified atom stereocenters. The molecule has 39 heavy (non-hydrogen) atoms. The number of imidazole rings is 1. The summed E-state index contributed by atoms with van der Waals surface area (Å²) in [4.78, 5) is 36.3. The molecule has 1 aliphatic heterocycles. The lowest BCUT2D eigenvalue weighted by atomic mass is 10.0. The van der Waals surface area contributed by atoms with Crippen molar-refractivity contribution in [2.45, 2.75) is 6.17 Å². The van der Waals surface area contributed by atoms with Gasteiger partial charge in [0.05, 0.1) is 18.5 Å². The van der Waals surface area contributed by atoms with E-state index in [1.807, 2.05) is 48.5 Å². The van der Waals surface area contributed by atoms with Gasteiger partial charge in [0.25, 0.3) is 11.8 Å². The predicted octanol–water partition coefficient (Wildman–Crippen LogP) is 4.09. The van der Waals surface area contributed by atoms with E-state index in [4.69, 9.17) is 4.74 Å². The van der Waals surface area contributed by atoms with Gasteiger partial charge in [-0.15, -0.1) is 5.10 Å². The van der Waals surface area contributed by atoms with E-state index in [1.54, 1.807) is 36.4 Å². The van der Waals surface area contributed by atoms with Crippen LogP contribution < -0.4 is 15.4 Å². The number of methoxy groups -OCH3 is 1. The summed E-state index contributed by atoms with van der Waals surface area (Å²) in [5.74, 6) is -1.68. The average Bonchev–Trinajstić information content (AvgIpc) is 3.29. The van der Waals surface area contributed by atoms with Crippen LogP contribution in [0.4, 0.5) is 10.1 Å². The van der Waals surface area contributed by atoms with Crippen molar-refractivity contribution in [2.75, 3.05) is 12.4 Å². The van der Waals surface area contributed by atoms with E-state index in [2.05, 4.69) is 25.7 Å². The number of fused-ring (bicyclic) bond motifs is 2. The molecule has 0 radical (unpaired) electrons. The topological polar surface area (TPSA) is 110 Å². The molecule has 2 aromatic heterocycles. The third kappa shape index (κ3) is 4.37. The normalized spacial score (nSPS) is 14.7. The van der Waals surface area contributed by atoms with Crippen LogP contribution in [0.2, 0.25) is 0 Å². The Hall–Kier alpha value is -5.38. The number of aliphatic imine (C=N–C) groups is 1. The summed E-state index contributed by atoms with van der Waals surface area (Å²) in [5.41, 5.74) is 2.96. The molecule has 2 amide bonds. The Bertz CT molecular complexity index is 1750. The molecule has 10 heteroatoms. The van der Waals surface area contributed by atoms with Crippen molar-refractivity contribution in [3.8, 4) is 17.1 Å². The summed E-state index contributed by atoms with van der Waals surface area (Å²) in [6.45, 7) is 0. The van der Waals surface area contributed by atoms with Gasteiger partial charge < -0.3 is 15.4 Å². The first-order valence-corrected chi connectivity index (χ1v) is 12.1. The fourth-order valence-corrected chi connectivity index (χ4v) is 4.44. The molecular formula is C29H21FN6O3. The molecule has 3 heterocycles. The maximum atomic E-state index is 14.8. The minimum absolute atomic E-state index is 0.00645. The first-order valence-electron chi connectivity index (χ1n) is 12.1. The van der Waals surface area contributed by atoms with Gasteiger partial charge in [0.2, 0.25) is 12.0 Å². The molecule has 1 atom stereocenters. The van der Waals surface area contributed by atoms with Crippen molar-refractivity contribution in [3.63, 3.8) is 0 Å². The summed E-state index contributed by atoms with van der Waals surface area (Å²) < 4.78 is 21.4. The molecule has 0 bridgehead atoms. The smallest absolute Gasteiger partial charge is 0.274 e. The van der Waals surface area contributed by atoms with Gasteiger partial charge in [-0.2, -0.15) is 0 Å². The molecule has 3 aromatic carbocycles. The van der Waals surface area contributed by atoms with Crippen molar-refractivity contribution in [1.29, 1.82) is 0 Å². The van der Waals surface area contributed by atoms with Gasteiger partial charge in [-0.1, -0.05) is 72.8 Å². The van der Waals surface area contributed by atoms with E-state index >= 15 is 0 Å². The first kappa shape index (κ1) is 24.0. The van der Waals surface area contributed by atoms with Gasteiger partial charge in [0.15, 0.2) is 11.3 Å². The molecule has 0 fully saturated rings. The molecule has 9 nitrogen and oxygen atoms in total. The number of hydrogen-bond donors (Lipinski definition) is 2. The van der Waals surface area contributed by atoms with Crippen LogP contribution in [0.25, 0.3) is 16.9 Å². The summed E-state index contributed by atoms with van der Waals surface area (Å²) >= 11 is 0. The highest BCUT2D eigenvalue weighted by Crippen LogP contribution is 2.28. The Labute approximate surface area is 222 Å². The second-order valence-electron chi connectivity index (χ2n) is 8.69. The van der Waals surface area contributed by atoms with E-state index in [1.165, 1.54) is 17.7 Å². The maximum absolute atomic E-state index is 14.8. The quantitative estimate of drug-likeness (QED) is 0.363. The third-order valence-corrected chi connectivity index (χ3v) is 6.26. The minimum Gasteiger partial charge on any atom is -0.480 e.